The van der Waals surface area contributed by atoms with E-state index in [1.807, 2.05) is 23.5 Å². The number of rotatable bonds is 2. The first-order valence-electron chi connectivity index (χ1n) is 14.5. The molecular weight excluding hydrogens is 545 g/mol. The lowest BCUT2D eigenvalue weighted by Gasteiger charge is -2.18. The van der Waals surface area contributed by atoms with Crippen LogP contribution in [0.3, 0.4) is 0 Å². The van der Waals surface area contributed by atoms with Crippen LogP contribution in [0, 0.1) is 0 Å². The quantitative estimate of drug-likeness (QED) is 0.195. The summed E-state index contributed by atoms with van der Waals surface area (Å²) in [6.07, 6.45) is 1.74. The van der Waals surface area contributed by atoms with Gasteiger partial charge in [0, 0.05) is 42.4 Å². The van der Waals surface area contributed by atoms with Crippen LogP contribution in [0.2, 0.25) is 0 Å². The lowest BCUT2D eigenvalue weighted by atomic mass is 9.84. The summed E-state index contributed by atoms with van der Waals surface area (Å²) in [5.74, 6) is 0. The number of benzene rings is 7. The van der Waals surface area contributed by atoms with Crippen molar-refractivity contribution in [2.75, 3.05) is 0 Å². The summed E-state index contributed by atoms with van der Waals surface area (Å²) in [6.45, 7) is 0. The summed E-state index contributed by atoms with van der Waals surface area (Å²) in [7, 11) is 0. The van der Waals surface area contributed by atoms with Gasteiger partial charge in [-0.15, -0.1) is 11.3 Å². The first kappa shape index (κ1) is 23.2. The van der Waals surface area contributed by atoms with Crippen molar-refractivity contribution < 1.29 is 8.83 Å². The molecule has 2 nitrogen and oxygen atoms in total. The first-order chi connectivity index (χ1) is 21.3. The highest BCUT2D eigenvalue weighted by atomic mass is 32.1. The second-order valence-electron chi connectivity index (χ2n) is 11.2. The minimum absolute atomic E-state index is 0.837. The Hall–Kier alpha value is -5.38. The maximum absolute atomic E-state index is 6.42. The van der Waals surface area contributed by atoms with Crippen molar-refractivity contribution in [2.45, 2.75) is 0 Å². The SMILES string of the molecule is c1cc(-c2c3ccccc3c(-c3ccc4sc5ccccc5c4c3)c3ccccc23)c2c(c1)oc1cc3occc3cc12. The molecule has 0 amide bonds. The van der Waals surface area contributed by atoms with Crippen LogP contribution in [0.1, 0.15) is 0 Å². The molecule has 0 radical (unpaired) electrons. The average Bonchev–Trinajstić information content (AvgIpc) is 3.77. The van der Waals surface area contributed by atoms with Crippen molar-refractivity contribution in [3.8, 4) is 22.3 Å². The van der Waals surface area contributed by atoms with Gasteiger partial charge in [-0.25, -0.2) is 0 Å². The van der Waals surface area contributed by atoms with Gasteiger partial charge in [0.15, 0.2) is 0 Å². The summed E-state index contributed by atoms with van der Waals surface area (Å²) >= 11 is 1.86. The molecule has 0 saturated heterocycles. The minimum atomic E-state index is 0.837. The van der Waals surface area contributed by atoms with Crippen molar-refractivity contribution in [2.24, 2.45) is 0 Å². The highest BCUT2D eigenvalue weighted by Crippen LogP contribution is 2.48. The molecule has 0 spiro atoms. The van der Waals surface area contributed by atoms with E-state index < -0.39 is 0 Å². The molecule has 10 rings (SSSR count). The molecule has 0 fully saturated rings. The smallest absolute Gasteiger partial charge is 0.139 e. The summed E-state index contributed by atoms with van der Waals surface area (Å²) < 4.78 is 14.8. The van der Waals surface area contributed by atoms with E-state index in [1.165, 1.54) is 64.0 Å². The van der Waals surface area contributed by atoms with Gasteiger partial charge in [0.2, 0.25) is 0 Å². The third-order valence-electron chi connectivity index (χ3n) is 8.94. The Morgan fingerprint density at radius 1 is 0.442 bits per heavy atom. The zero-order chi connectivity index (χ0) is 28.1. The maximum atomic E-state index is 6.42. The van der Waals surface area contributed by atoms with Crippen molar-refractivity contribution in [1.82, 2.24) is 0 Å². The first-order valence-corrected chi connectivity index (χ1v) is 15.3. The molecule has 3 heteroatoms. The molecule has 3 aromatic heterocycles. The average molecular weight is 567 g/mol. The molecule has 43 heavy (non-hydrogen) atoms. The van der Waals surface area contributed by atoms with Gasteiger partial charge in [0.25, 0.3) is 0 Å². The van der Waals surface area contributed by atoms with Gasteiger partial charge in [-0.1, -0.05) is 84.9 Å². The summed E-state index contributed by atoms with van der Waals surface area (Å²) in [6, 6.07) is 46.1. The van der Waals surface area contributed by atoms with Crippen molar-refractivity contribution >= 4 is 86.0 Å². The molecule has 0 aliphatic heterocycles. The Labute approximate surface area is 250 Å². The Kier molecular flexibility index (Phi) is 4.63. The van der Waals surface area contributed by atoms with E-state index in [2.05, 4.69) is 115 Å². The number of hydrogen-bond acceptors (Lipinski definition) is 3. The van der Waals surface area contributed by atoms with E-state index in [0.717, 1.165) is 32.9 Å². The van der Waals surface area contributed by atoms with E-state index >= 15 is 0 Å². The molecule has 0 saturated carbocycles. The minimum Gasteiger partial charge on any atom is -0.464 e. The molecule has 0 unspecified atom stereocenters. The molecule has 0 N–H and O–H groups in total. The monoisotopic (exact) mass is 566 g/mol. The topological polar surface area (TPSA) is 26.3 Å². The van der Waals surface area contributed by atoms with Crippen LogP contribution in [0.5, 0.6) is 0 Å². The predicted molar refractivity (Wildman–Crippen MR) is 182 cm³/mol. The Balaban J connectivity index is 1.34. The lowest BCUT2D eigenvalue weighted by Crippen LogP contribution is -1.91. The van der Waals surface area contributed by atoms with Gasteiger partial charge in [0.1, 0.15) is 16.7 Å². The van der Waals surface area contributed by atoms with Crippen molar-refractivity contribution in [3.05, 3.63) is 134 Å². The van der Waals surface area contributed by atoms with Crippen LogP contribution < -0.4 is 0 Å². The van der Waals surface area contributed by atoms with Crippen LogP contribution in [0.15, 0.2) is 142 Å². The molecule has 0 atom stereocenters. The molecule has 10 aromatic rings. The largest absolute Gasteiger partial charge is 0.464 e. The standard InChI is InChI=1S/C40H22O2S/c1-3-11-28-26(9-1)38(24-16-17-37-31(21-24)25-8-5-6-15-36(25)43-37)27-10-2-4-12-29(27)39(28)30-13-7-14-33-40(30)32-20-23-18-19-41-34(23)22-35(32)42-33/h1-22H. The van der Waals surface area contributed by atoms with Crippen LogP contribution in [0.25, 0.3) is 96.9 Å². The fourth-order valence-corrected chi connectivity index (χ4v) is 8.19. The summed E-state index contributed by atoms with van der Waals surface area (Å²) in [5.41, 5.74) is 7.48. The van der Waals surface area contributed by atoms with Gasteiger partial charge in [-0.05, 0) is 80.2 Å². The van der Waals surface area contributed by atoms with Crippen LogP contribution in [-0.2, 0) is 0 Å². The molecule has 7 aromatic carbocycles. The fraction of sp³-hybridized carbons (Fsp3) is 0. The van der Waals surface area contributed by atoms with Crippen LogP contribution in [0.4, 0.5) is 0 Å². The molecule has 200 valence electrons. The maximum Gasteiger partial charge on any atom is 0.139 e. The number of fused-ring (bicyclic) bond motifs is 9. The lowest BCUT2D eigenvalue weighted by molar-refractivity contribution is 0.613. The highest BCUT2D eigenvalue weighted by Gasteiger charge is 2.21. The number of furan rings is 2. The Morgan fingerprint density at radius 3 is 1.93 bits per heavy atom. The van der Waals surface area contributed by atoms with Crippen LogP contribution >= 0.6 is 11.3 Å². The van der Waals surface area contributed by atoms with E-state index in [9.17, 15) is 0 Å². The molecule has 0 aliphatic carbocycles. The Morgan fingerprint density at radius 2 is 1.14 bits per heavy atom. The zero-order valence-corrected chi connectivity index (χ0v) is 23.7. The van der Waals surface area contributed by atoms with Gasteiger partial charge < -0.3 is 8.83 Å². The van der Waals surface area contributed by atoms with Crippen molar-refractivity contribution in [3.63, 3.8) is 0 Å². The normalized spacial score (nSPS) is 12.2. The molecular formula is C40H22O2S. The number of hydrogen-bond donors (Lipinski definition) is 0. The van der Waals surface area contributed by atoms with E-state index in [-0.39, 0.29) is 0 Å². The highest BCUT2D eigenvalue weighted by molar-refractivity contribution is 7.25. The molecule has 0 bridgehead atoms. The van der Waals surface area contributed by atoms with Gasteiger partial charge >= 0.3 is 0 Å². The third kappa shape index (κ3) is 3.23. The fourth-order valence-electron chi connectivity index (χ4n) is 7.10. The summed E-state index contributed by atoms with van der Waals surface area (Å²) in [5, 5.41) is 10.9. The third-order valence-corrected chi connectivity index (χ3v) is 10.1. The number of thiophene rings is 1. The second kappa shape index (κ2) is 8.57. The van der Waals surface area contributed by atoms with Crippen LogP contribution in [-0.4, -0.2) is 0 Å². The van der Waals surface area contributed by atoms with Gasteiger partial charge in [0.05, 0.1) is 6.26 Å². The molecule has 0 aliphatic rings. The van der Waals surface area contributed by atoms with Gasteiger partial charge in [-0.3, -0.25) is 0 Å². The van der Waals surface area contributed by atoms with E-state index in [4.69, 9.17) is 8.83 Å². The molecule has 3 heterocycles. The zero-order valence-electron chi connectivity index (χ0n) is 22.9. The van der Waals surface area contributed by atoms with E-state index in [0.29, 0.717) is 0 Å². The summed E-state index contributed by atoms with van der Waals surface area (Å²) in [4.78, 5) is 0. The Bertz CT molecular complexity index is 2680. The predicted octanol–water partition coefficient (Wildman–Crippen LogP) is 12.3. The second-order valence-corrected chi connectivity index (χ2v) is 12.3. The van der Waals surface area contributed by atoms with Gasteiger partial charge in [-0.2, -0.15) is 0 Å². The van der Waals surface area contributed by atoms with E-state index in [1.54, 1.807) is 6.26 Å². The van der Waals surface area contributed by atoms with Crippen molar-refractivity contribution in [1.29, 1.82) is 0 Å².